The summed E-state index contributed by atoms with van der Waals surface area (Å²) in [6, 6.07) is 9.45. The van der Waals surface area contributed by atoms with Crippen LogP contribution in [-0.2, 0) is 4.79 Å². The lowest BCUT2D eigenvalue weighted by Gasteiger charge is -2.17. The highest BCUT2D eigenvalue weighted by Crippen LogP contribution is 2.11. The van der Waals surface area contributed by atoms with Gasteiger partial charge in [-0.1, -0.05) is 25.1 Å². The fourth-order valence-electron chi connectivity index (χ4n) is 2.15. The zero-order valence-electron chi connectivity index (χ0n) is 11.7. The Kier molecular flexibility index (Phi) is 5.38. The zero-order chi connectivity index (χ0) is 14.4. The van der Waals surface area contributed by atoms with Crippen molar-refractivity contribution in [3.8, 4) is 5.75 Å². The van der Waals surface area contributed by atoms with Crippen molar-refractivity contribution in [2.45, 2.75) is 13.0 Å². The molecule has 0 radical (unpaired) electrons. The van der Waals surface area contributed by atoms with Crippen LogP contribution in [0.25, 0.3) is 0 Å². The minimum absolute atomic E-state index is 0.0416. The highest BCUT2D eigenvalue weighted by atomic mass is 16.5. The zero-order valence-corrected chi connectivity index (χ0v) is 11.7. The molecule has 3 atom stereocenters. The van der Waals surface area contributed by atoms with Crippen LogP contribution >= 0.6 is 0 Å². The van der Waals surface area contributed by atoms with Crippen molar-refractivity contribution in [2.24, 2.45) is 11.8 Å². The molecule has 1 aliphatic heterocycles. The van der Waals surface area contributed by atoms with Crippen molar-refractivity contribution in [3.63, 3.8) is 0 Å². The molecule has 0 spiro atoms. The minimum Gasteiger partial charge on any atom is -0.493 e. The van der Waals surface area contributed by atoms with Crippen molar-refractivity contribution in [3.05, 3.63) is 30.3 Å². The molecule has 1 heterocycles. The van der Waals surface area contributed by atoms with E-state index in [4.69, 9.17) is 4.74 Å². The second-order valence-electron chi connectivity index (χ2n) is 5.26. The molecule has 1 amide bonds. The molecule has 1 fully saturated rings. The van der Waals surface area contributed by atoms with Crippen LogP contribution in [0.2, 0.25) is 0 Å². The van der Waals surface area contributed by atoms with Crippen LogP contribution in [0.3, 0.4) is 0 Å². The van der Waals surface area contributed by atoms with Crippen LogP contribution in [0, 0.1) is 11.8 Å². The Bertz CT molecular complexity index is 424. The van der Waals surface area contributed by atoms with Crippen LogP contribution in [0.4, 0.5) is 0 Å². The van der Waals surface area contributed by atoms with E-state index in [-0.39, 0.29) is 23.8 Å². The number of β-amino-alcohol motifs (C(OH)–C–C–N with tert-alkyl or cyclic N) is 1. The Morgan fingerprint density at radius 3 is 2.85 bits per heavy atom. The van der Waals surface area contributed by atoms with Gasteiger partial charge in [-0.2, -0.15) is 0 Å². The van der Waals surface area contributed by atoms with Gasteiger partial charge in [0.2, 0.25) is 5.91 Å². The first-order valence-electron chi connectivity index (χ1n) is 7.01. The SMILES string of the molecule is CC(COc1ccccc1)C(=O)NCC1CNCC1O. The van der Waals surface area contributed by atoms with Gasteiger partial charge in [0, 0.05) is 25.6 Å². The number of nitrogens with one attached hydrogen (secondary N) is 2. The second-order valence-corrected chi connectivity index (χ2v) is 5.26. The lowest BCUT2D eigenvalue weighted by Crippen LogP contribution is -2.38. The molecule has 5 nitrogen and oxygen atoms in total. The number of carbonyl (C=O) groups is 1. The molecule has 20 heavy (non-hydrogen) atoms. The van der Waals surface area contributed by atoms with E-state index < -0.39 is 0 Å². The van der Waals surface area contributed by atoms with Gasteiger partial charge >= 0.3 is 0 Å². The first kappa shape index (κ1) is 14.8. The molecule has 0 aliphatic carbocycles. The summed E-state index contributed by atoms with van der Waals surface area (Å²) in [6.45, 7) is 4.04. The molecular weight excluding hydrogens is 256 g/mol. The molecule has 5 heteroatoms. The average Bonchev–Trinajstić information content (AvgIpc) is 2.88. The number of aliphatic hydroxyl groups is 1. The fourth-order valence-corrected chi connectivity index (χ4v) is 2.15. The predicted molar refractivity (Wildman–Crippen MR) is 76.5 cm³/mol. The number of hydrogen-bond acceptors (Lipinski definition) is 4. The number of hydrogen-bond donors (Lipinski definition) is 3. The molecule has 0 saturated carbocycles. The van der Waals surface area contributed by atoms with E-state index in [0.717, 1.165) is 12.3 Å². The first-order chi connectivity index (χ1) is 9.66. The maximum Gasteiger partial charge on any atom is 0.226 e. The molecular formula is C15H22N2O3. The Morgan fingerprint density at radius 1 is 1.45 bits per heavy atom. The molecule has 1 aromatic rings. The number of ether oxygens (including phenoxy) is 1. The van der Waals surface area contributed by atoms with Gasteiger partial charge in [-0.3, -0.25) is 4.79 Å². The first-order valence-corrected chi connectivity index (χ1v) is 7.01. The van der Waals surface area contributed by atoms with Crippen molar-refractivity contribution in [2.75, 3.05) is 26.2 Å². The second kappa shape index (κ2) is 7.26. The standard InChI is InChI=1S/C15H22N2O3/c1-11(10-20-13-5-3-2-4-6-13)15(19)17-8-12-7-16-9-14(12)18/h2-6,11-12,14,16,18H,7-10H2,1H3,(H,17,19). The van der Waals surface area contributed by atoms with Gasteiger partial charge in [0.15, 0.2) is 0 Å². The van der Waals surface area contributed by atoms with Gasteiger partial charge in [-0.25, -0.2) is 0 Å². The topological polar surface area (TPSA) is 70.6 Å². The molecule has 0 bridgehead atoms. The van der Waals surface area contributed by atoms with Crippen LogP contribution in [0.15, 0.2) is 30.3 Å². The smallest absolute Gasteiger partial charge is 0.226 e. The third-order valence-corrected chi connectivity index (χ3v) is 3.53. The van der Waals surface area contributed by atoms with Gasteiger partial charge in [-0.05, 0) is 12.1 Å². The van der Waals surface area contributed by atoms with E-state index >= 15 is 0 Å². The van der Waals surface area contributed by atoms with Crippen LogP contribution in [0.5, 0.6) is 5.75 Å². The summed E-state index contributed by atoms with van der Waals surface area (Å²) in [5.41, 5.74) is 0. The van der Waals surface area contributed by atoms with Crippen molar-refractivity contribution < 1.29 is 14.6 Å². The summed E-state index contributed by atoms with van der Waals surface area (Å²) in [6.07, 6.45) is -0.369. The summed E-state index contributed by atoms with van der Waals surface area (Å²) in [5.74, 6) is 0.602. The summed E-state index contributed by atoms with van der Waals surface area (Å²) in [5, 5.41) is 15.6. The van der Waals surface area contributed by atoms with Crippen LogP contribution in [-0.4, -0.2) is 43.4 Å². The van der Waals surface area contributed by atoms with E-state index in [1.54, 1.807) is 0 Å². The third kappa shape index (κ3) is 4.21. The van der Waals surface area contributed by atoms with E-state index in [9.17, 15) is 9.90 Å². The van der Waals surface area contributed by atoms with Crippen molar-refractivity contribution in [1.29, 1.82) is 0 Å². The lowest BCUT2D eigenvalue weighted by molar-refractivity contribution is -0.125. The minimum atomic E-state index is -0.369. The molecule has 2 rings (SSSR count). The van der Waals surface area contributed by atoms with Gasteiger partial charge in [0.05, 0.1) is 18.6 Å². The Labute approximate surface area is 119 Å². The van der Waals surface area contributed by atoms with Gasteiger partial charge in [0.1, 0.15) is 5.75 Å². The van der Waals surface area contributed by atoms with E-state index in [0.29, 0.717) is 19.7 Å². The van der Waals surface area contributed by atoms with E-state index in [1.165, 1.54) is 0 Å². The lowest BCUT2D eigenvalue weighted by atomic mass is 10.1. The van der Waals surface area contributed by atoms with Crippen LogP contribution in [0.1, 0.15) is 6.92 Å². The summed E-state index contributed by atoms with van der Waals surface area (Å²) >= 11 is 0. The number of rotatable bonds is 6. The quantitative estimate of drug-likeness (QED) is 0.704. The maximum atomic E-state index is 11.9. The monoisotopic (exact) mass is 278 g/mol. The predicted octanol–water partition coefficient (Wildman–Crippen LogP) is 0.398. The normalized spacial score (nSPS) is 23.3. The fraction of sp³-hybridized carbons (Fsp3) is 0.533. The molecule has 3 unspecified atom stereocenters. The summed E-state index contributed by atoms with van der Waals surface area (Å²) < 4.78 is 5.56. The number of para-hydroxylation sites is 1. The molecule has 0 aromatic heterocycles. The molecule has 110 valence electrons. The van der Waals surface area contributed by atoms with Crippen molar-refractivity contribution >= 4 is 5.91 Å². The third-order valence-electron chi connectivity index (χ3n) is 3.53. The molecule has 1 aliphatic rings. The number of carbonyl (C=O) groups excluding carboxylic acids is 1. The number of amides is 1. The summed E-state index contributed by atoms with van der Waals surface area (Å²) in [4.78, 5) is 11.9. The summed E-state index contributed by atoms with van der Waals surface area (Å²) in [7, 11) is 0. The average molecular weight is 278 g/mol. The maximum absolute atomic E-state index is 11.9. The Balaban J connectivity index is 1.69. The molecule has 3 N–H and O–H groups in total. The highest BCUT2D eigenvalue weighted by molar-refractivity contribution is 5.78. The largest absolute Gasteiger partial charge is 0.493 e. The number of benzene rings is 1. The molecule has 1 aromatic carbocycles. The molecule has 1 saturated heterocycles. The van der Waals surface area contributed by atoms with Crippen molar-refractivity contribution in [1.82, 2.24) is 10.6 Å². The highest BCUT2D eigenvalue weighted by Gasteiger charge is 2.25. The van der Waals surface area contributed by atoms with E-state index in [2.05, 4.69) is 10.6 Å². The van der Waals surface area contributed by atoms with Gasteiger partial charge in [-0.15, -0.1) is 0 Å². The Hall–Kier alpha value is -1.59. The van der Waals surface area contributed by atoms with Gasteiger partial charge < -0.3 is 20.5 Å². The Morgan fingerprint density at radius 2 is 2.20 bits per heavy atom. The van der Waals surface area contributed by atoms with E-state index in [1.807, 2.05) is 37.3 Å². The van der Waals surface area contributed by atoms with Gasteiger partial charge in [0.25, 0.3) is 0 Å². The van der Waals surface area contributed by atoms with Crippen LogP contribution < -0.4 is 15.4 Å². The number of aliphatic hydroxyl groups excluding tert-OH is 1.